The molecule has 0 spiro atoms. The summed E-state index contributed by atoms with van der Waals surface area (Å²) in [4.78, 5) is 4.24. The van der Waals surface area contributed by atoms with E-state index in [1.165, 1.54) is 0 Å². The molecule has 0 fully saturated rings. The average Bonchev–Trinajstić information content (AvgIpc) is 2.86. The van der Waals surface area contributed by atoms with Gasteiger partial charge < -0.3 is 9.73 Å². The molecule has 2 aromatic rings. The lowest BCUT2D eigenvalue weighted by Crippen LogP contribution is -2.27. The molecule has 1 aromatic carbocycles. The molecule has 1 aromatic heterocycles. The molecule has 1 unspecified atom stereocenters. The highest BCUT2D eigenvalue weighted by molar-refractivity contribution is 7.89. The fraction of sp³-hybridized carbons (Fsp3) is 0.357. The van der Waals surface area contributed by atoms with E-state index in [2.05, 4.69) is 15.0 Å². The van der Waals surface area contributed by atoms with Gasteiger partial charge in [0.05, 0.1) is 17.1 Å². The van der Waals surface area contributed by atoms with Crippen LogP contribution < -0.4 is 10.0 Å². The molecule has 0 aliphatic carbocycles. The van der Waals surface area contributed by atoms with Crippen LogP contribution >= 0.6 is 0 Å². The molecular formula is C14H19N3O3S. The number of hydrogen-bond acceptors (Lipinski definition) is 5. The minimum absolute atomic E-state index is 0.208. The molecule has 0 radical (unpaired) electrons. The number of hydrogen-bond donors (Lipinski definition) is 2. The van der Waals surface area contributed by atoms with Gasteiger partial charge in [-0.3, -0.25) is 0 Å². The van der Waals surface area contributed by atoms with Gasteiger partial charge in [0.25, 0.3) is 0 Å². The summed E-state index contributed by atoms with van der Waals surface area (Å²) in [5.41, 5.74) is 0.882. The number of oxazole rings is 1. The van der Waals surface area contributed by atoms with Gasteiger partial charge in [-0.15, -0.1) is 0 Å². The fourth-order valence-electron chi connectivity index (χ4n) is 1.88. The van der Waals surface area contributed by atoms with E-state index in [9.17, 15) is 8.42 Å². The first-order valence-corrected chi connectivity index (χ1v) is 8.19. The van der Waals surface area contributed by atoms with Crippen molar-refractivity contribution in [3.8, 4) is 0 Å². The Labute approximate surface area is 124 Å². The maximum atomic E-state index is 12.3. The van der Waals surface area contributed by atoms with Crippen LogP contribution in [0.4, 0.5) is 5.69 Å². The van der Waals surface area contributed by atoms with Crippen molar-refractivity contribution in [1.82, 2.24) is 9.71 Å². The Bertz CT molecular complexity index is 693. The van der Waals surface area contributed by atoms with Gasteiger partial charge in [0.2, 0.25) is 15.9 Å². The van der Waals surface area contributed by atoms with E-state index in [0.717, 1.165) is 12.2 Å². The summed E-state index contributed by atoms with van der Waals surface area (Å²) in [7, 11) is -3.61. The molecule has 2 N–H and O–H groups in total. The number of anilines is 1. The summed E-state index contributed by atoms with van der Waals surface area (Å²) in [6.45, 7) is 6.21. The van der Waals surface area contributed by atoms with Crippen molar-refractivity contribution in [1.29, 1.82) is 0 Å². The van der Waals surface area contributed by atoms with Crippen molar-refractivity contribution in [2.45, 2.75) is 31.7 Å². The lowest BCUT2D eigenvalue weighted by Gasteiger charge is -2.12. The summed E-state index contributed by atoms with van der Waals surface area (Å²) in [5, 5.41) is 3.12. The number of rotatable bonds is 6. The first-order chi connectivity index (χ1) is 9.92. The third-order valence-electron chi connectivity index (χ3n) is 2.89. The lowest BCUT2D eigenvalue weighted by molar-refractivity contribution is 0.428. The van der Waals surface area contributed by atoms with Gasteiger partial charge in [0.15, 0.2) is 0 Å². The van der Waals surface area contributed by atoms with Crippen molar-refractivity contribution >= 4 is 15.7 Å². The van der Waals surface area contributed by atoms with E-state index in [0.29, 0.717) is 11.7 Å². The molecule has 0 saturated heterocycles. The maximum Gasteiger partial charge on any atom is 0.241 e. The topological polar surface area (TPSA) is 84.2 Å². The van der Waals surface area contributed by atoms with Gasteiger partial charge in [-0.25, -0.2) is 13.4 Å². The van der Waals surface area contributed by atoms with E-state index < -0.39 is 16.1 Å². The van der Waals surface area contributed by atoms with E-state index >= 15 is 0 Å². The van der Waals surface area contributed by atoms with Gasteiger partial charge in [0, 0.05) is 12.2 Å². The summed E-state index contributed by atoms with van der Waals surface area (Å²) in [6, 6.07) is 6.06. The van der Waals surface area contributed by atoms with E-state index in [1.54, 1.807) is 44.3 Å². The molecular weight excluding hydrogens is 290 g/mol. The van der Waals surface area contributed by atoms with Crippen molar-refractivity contribution in [3.63, 3.8) is 0 Å². The van der Waals surface area contributed by atoms with Crippen LogP contribution in [-0.4, -0.2) is 19.9 Å². The zero-order chi connectivity index (χ0) is 15.5. The Morgan fingerprint density at radius 2 is 1.95 bits per heavy atom. The second-order valence-corrected chi connectivity index (χ2v) is 6.42. The monoisotopic (exact) mass is 309 g/mol. The number of aromatic nitrogens is 1. The highest BCUT2D eigenvalue weighted by Gasteiger charge is 2.21. The van der Waals surface area contributed by atoms with Crippen LogP contribution in [0.5, 0.6) is 0 Å². The van der Waals surface area contributed by atoms with Crippen LogP contribution in [0.1, 0.15) is 31.5 Å². The lowest BCUT2D eigenvalue weighted by atomic mass is 10.3. The summed E-state index contributed by atoms with van der Waals surface area (Å²) in [6.07, 6.45) is 1.56. The zero-order valence-electron chi connectivity index (χ0n) is 12.3. The van der Waals surface area contributed by atoms with E-state index in [-0.39, 0.29) is 4.90 Å². The maximum absolute atomic E-state index is 12.3. The van der Waals surface area contributed by atoms with Gasteiger partial charge in [-0.2, -0.15) is 4.72 Å². The first-order valence-electron chi connectivity index (χ1n) is 6.71. The Morgan fingerprint density at radius 1 is 1.29 bits per heavy atom. The minimum atomic E-state index is -3.61. The minimum Gasteiger partial charge on any atom is -0.444 e. The third kappa shape index (κ3) is 3.83. The highest BCUT2D eigenvalue weighted by atomic mass is 32.2. The molecule has 2 rings (SSSR count). The molecule has 0 saturated carbocycles. The quantitative estimate of drug-likeness (QED) is 0.856. The molecule has 21 heavy (non-hydrogen) atoms. The predicted molar refractivity (Wildman–Crippen MR) is 80.6 cm³/mol. The van der Waals surface area contributed by atoms with E-state index in [4.69, 9.17) is 4.42 Å². The second-order valence-electron chi connectivity index (χ2n) is 4.71. The fourth-order valence-corrected chi connectivity index (χ4v) is 3.08. The second kappa shape index (κ2) is 6.28. The van der Waals surface area contributed by atoms with Crippen LogP contribution in [0.3, 0.4) is 0 Å². The molecule has 1 heterocycles. The van der Waals surface area contributed by atoms with Crippen molar-refractivity contribution in [3.05, 3.63) is 42.1 Å². The van der Waals surface area contributed by atoms with Crippen LogP contribution in [-0.2, 0) is 10.0 Å². The molecule has 1 atom stereocenters. The van der Waals surface area contributed by atoms with E-state index in [1.807, 2.05) is 6.92 Å². The summed E-state index contributed by atoms with van der Waals surface area (Å²) < 4.78 is 32.5. The Kier molecular flexibility index (Phi) is 4.64. The molecule has 0 amide bonds. The first kappa shape index (κ1) is 15.5. The van der Waals surface area contributed by atoms with Crippen LogP contribution in [0, 0.1) is 6.92 Å². The van der Waals surface area contributed by atoms with Gasteiger partial charge in [-0.1, -0.05) is 0 Å². The molecule has 0 bridgehead atoms. The van der Waals surface area contributed by atoms with Gasteiger partial charge in [0.1, 0.15) is 5.76 Å². The Balaban J connectivity index is 2.14. The predicted octanol–water partition coefficient (Wildman–Crippen LogP) is 2.45. The zero-order valence-corrected chi connectivity index (χ0v) is 13.1. The average molecular weight is 309 g/mol. The Morgan fingerprint density at radius 3 is 2.48 bits per heavy atom. The van der Waals surface area contributed by atoms with Crippen molar-refractivity contribution in [2.24, 2.45) is 0 Å². The standard InChI is InChI=1S/C14H19N3O3S/c1-4-15-12-5-7-13(8-6-12)21(18,19)17-11(3)14-16-9-10(2)20-14/h5-9,11,15,17H,4H2,1-3H3. The number of nitrogens with zero attached hydrogens (tertiary/aromatic N) is 1. The molecule has 6 nitrogen and oxygen atoms in total. The van der Waals surface area contributed by atoms with Gasteiger partial charge in [-0.05, 0) is 45.0 Å². The normalized spacial score (nSPS) is 13.1. The third-order valence-corrected chi connectivity index (χ3v) is 4.44. The number of benzene rings is 1. The largest absolute Gasteiger partial charge is 0.444 e. The summed E-state index contributed by atoms with van der Waals surface area (Å²) in [5.74, 6) is 0.992. The smallest absolute Gasteiger partial charge is 0.241 e. The van der Waals surface area contributed by atoms with Crippen LogP contribution in [0.2, 0.25) is 0 Å². The van der Waals surface area contributed by atoms with Crippen molar-refractivity contribution < 1.29 is 12.8 Å². The molecule has 114 valence electrons. The number of nitrogens with one attached hydrogen (secondary N) is 2. The highest BCUT2D eigenvalue weighted by Crippen LogP contribution is 2.18. The van der Waals surface area contributed by atoms with Crippen LogP contribution in [0.25, 0.3) is 0 Å². The van der Waals surface area contributed by atoms with Crippen LogP contribution in [0.15, 0.2) is 39.8 Å². The Hall–Kier alpha value is -1.86. The van der Waals surface area contributed by atoms with Crippen molar-refractivity contribution in [2.75, 3.05) is 11.9 Å². The van der Waals surface area contributed by atoms with Gasteiger partial charge >= 0.3 is 0 Å². The SMILES string of the molecule is CCNc1ccc(S(=O)(=O)NC(C)c2ncc(C)o2)cc1. The molecule has 7 heteroatoms. The number of sulfonamides is 1. The molecule has 0 aliphatic rings. The summed E-state index contributed by atoms with van der Waals surface area (Å²) >= 11 is 0. The molecule has 0 aliphatic heterocycles. The number of aryl methyl sites for hydroxylation is 1.